The molecular formula is C15H24N2O2. The molecule has 2 N–H and O–H groups in total. The highest BCUT2D eigenvalue weighted by atomic mass is 16.5. The molecule has 1 rings (SSSR count). The molecule has 0 heterocycles. The Hall–Kier alpha value is -1.55. The standard InChI is InChI=1S/C15H24N2O2/c1-4-17(15(18)9-6-10-16)12(2)13-7-5-8-14(11-13)19-3/h5,7-8,11-12H,4,6,9-10,16H2,1-3H3. The number of hydrogen-bond donors (Lipinski definition) is 1. The van der Waals surface area contributed by atoms with Gasteiger partial charge in [0.05, 0.1) is 13.2 Å². The molecule has 0 spiro atoms. The fourth-order valence-corrected chi connectivity index (χ4v) is 2.14. The Morgan fingerprint density at radius 2 is 2.21 bits per heavy atom. The molecule has 1 unspecified atom stereocenters. The summed E-state index contributed by atoms with van der Waals surface area (Å²) < 4.78 is 5.22. The zero-order chi connectivity index (χ0) is 14.3. The summed E-state index contributed by atoms with van der Waals surface area (Å²) in [5.41, 5.74) is 6.54. The summed E-state index contributed by atoms with van der Waals surface area (Å²) >= 11 is 0. The Balaban J connectivity index is 2.82. The van der Waals surface area contributed by atoms with E-state index in [1.54, 1.807) is 7.11 Å². The Morgan fingerprint density at radius 3 is 2.79 bits per heavy atom. The van der Waals surface area contributed by atoms with Crippen molar-refractivity contribution in [3.8, 4) is 5.75 Å². The van der Waals surface area contributed by atoms with Crippen LogP contribution in [0.4, 0.5) is 0 Å². The van der Waals surface area contributed by atoms with Crippen molar-refractivity contribution >= 4 is 5.91 Å². The minimum Gasteiger partial charge on any atom is -0.497 e. The van der Waals surface area contributed by atoms with Crippen molar-refractivity contribution in [3.05, 3.63) is 29.8 Å². The smallest absolute Gasteiger partial charge is 0.223 e. The van der Waals surface area contributed by atoms with Crippen molar-refractivity contribution < 1.29 is 9.53 Å². The van der Waals surface area contributed by atoms with Gasteiger partial charge in [-0.1, -0.05) is 12.1 Å². The Kier molecular flexibility index (Phi) is 6.36. The maximum Gasteiger partial charge on any atom is 0.223 e. The van der Waals surface area contributed by atoms with Crippen LogP contribution in [0.25, 0.3) is 0 Å². The van der Waals surface area contributed by atoms with E-state index in [1.165, 1.54) is 0 Å². The van der Waals surface area contributed by atoms with E-state index in [0.717, 1.165) is 17.7 Å². The third-order valence-corrected chi connectivity index (χ3v) is 3.30. The fraction of sp³-hybridized carbons (Fsp3) is 0.533. The molecule has 4 nitrogen and oxygen atoms in total. The molecule has 0 saturated heterocycles. The van der Waals surface area contributed by atoms with Crippen molar-refractivity contribution in [3.63, 3.8) is 0 Å². The van der Waals surface area contributed by atoms with Crippen LogP contribution in [0.5, 0.6) is 5.75 Å². The van der Waals surface area contributed by atoms with Crippen LogP contribution in [0.15, 0.2) is 24.3 Å². The molecule has 4 heteroatoms. The molecule has 1 aromatic carbocycles. The molecule has 0 aliphatic heterocycles. The first-order chi connectivity index (χ1) is 9.13. The molecule has 19 heavy (non-hydrogen) atoms. The highest BCUT2D eigenvalue weighted by Gasteiger charge is 2.19. The van der Waals surface area contributed by atoms with Crippen LogP contribution in [0.3, 0.4) is 0 Å². The zero-order valence-electron chi connectivity index (χ0n) is 12.1. The Morgan fingerprint density at radius 1 is 1.47 bits per heavy atom. The molecule has 0 bridgehead atoms. The van der Waals surface area contributed by atoms with Gasteiger partial charge in [-0.05, 0) is 44.5 Å². The number of nitrogens with two attached hydrogens (primary N) is 1. The van der Waals surface area contributed by atoms with Gasteiger partial charge in [0.2, 0.25) is 5.91 Å². The van der Waals surface area contributed by atoms with Gasteiger partial charge in [0, 0.05) is 13.0 Å². The van der Waals surface area contributed by atoms with Crippen LogP contribution in [-0.2, 0) is 4.79 Å². The van der Waals surface area contributed by atoms with Gasteiger partial charge in [0.1, 0.15) is 5.75 Å². The molecule has 0 saturated carbocycles. The number of benzene rings is 1. The summed E-state index contributed by atoms with van der Waals surface area (Å²) in [7, 11) is 1.65. The van der Waals surface area contributed by atoms with Crippen LogP contribution in [0, 0.1) is 0 Å². The summed E-state index contributed by atoms with van der Waals surface area (Å²) in [6.45, 7) is 5.29. The lowest BCUT2D eigenvalue weighted by Crippen LogP contribution is -2.33. The van der Waals surface area contributed by atoms with Gasteiger partial charge in [0.25, 0.3) is 0 Å². The van der Waals surface area contributed by atoms with E-state index in [0.29, 0.717) is 19.5 Å². The number of carbonyl (C=O) groups excluding carboxylic acids is 1. The summed E-state index contributed by atoms with van der Waals surface area (Å²) in [4.78, 5) is 14.0. The number of hydrogen-bond acceptors (Lipinski definition) is 3. The highest BCUT2D eigenvalue weighted by molar-refractivity contribution is 5.76. The van der Waals surface area contributed by atoms with Gasteiger partial charge in [0.15, 0.2) is 0 Å². The number of nitrogens with zero attached hydrogens (tertiary/aromatic N) is 1. The largest absolute Gasteiger partial charge is 0.497 e. The van der Waals surface area contributed by atoms with E-state index >= 15 is 0 Å². The summed E-state index contributed by atoms with van der Waals surface area (Å²) in [6, 6.07) is 7.90. The van der Waals surface area contributed by atoms with Crippen molar-refractivity contribution in [2.75, 3.05) is 20.2 Å². The molecule has 0 aromatic heterocycles. The first-order valence-electron chi connectivity index (χ1n) is 6.77. The van der Waals surface area contributed by atoms with Crippen LogP contribution < -0.4 is 10.5 Å². The highest BCUT2D eigenvalue weighted by Crippen LogP contribution is 2.24. The van der Waals surface area contributed by atoms with Crippen molar-refractivity contribution in [1.82, 2.24) is 4.90 Å². The molecule has 0 fully saturated rings. The van der Waals surface area contributed by atoms with E-state index in [4.69, 9.17) is 10.5 Å². The quantitative estimate of drug-likeness (QED) is 0.822. The molecule has 1 aromatic rings. The monoisotopic (exact) mass is 264 g/mol. The number of carbonyl (C=O) groups is 1. The van der Waals surface area contributed by atoms with Gasteiger partial charge in [-0.25, -0.2) is 0 Å². The lowest BCUT2D eigenvalue weighted by molar-refractivity contribution is -0.133. The van der Waals surface area contributed by atoms with E-state index < -0.39 is 0 Å². The molecule has 1 amide bonds. The van der Waals surface area contributed by atoms with Crippen LogP contribution in [-0.4, -0.2) is 31.0 Å². The third-order valence-electron chi connectivity index (χ3n) is 3.30. The van der Waals surface area contributed by atoms with Gasteiger partial charge in [-0.2, -0.15) is 0 Å². The second kappa shape index (κ2) is 7.79. The maximum atomic E-state index is 12.1. The van der Waals surface area contributed by atoms with E-state index in [1.807, 2.05) is 43.0 Å². The predicted molar refractivity (Wildman–Crippen MR) is 77.1 cm³/mol. The predicted octanol–water partition coefficient (Wildman–Crippen LogP) is 2.34. The second-order valence-electron chi connectivity index (χ2n) is 4.52. The van der Waals surface area contributed by atoms with Crippen LogP contribution in [0.2, 0.25) is 0 Å². The van der Waals surface area contributed by atoms with Gasteiger partial charge < -0.3 is 15.4 Å². The molecule has 0 aliphatic carbocycles. The molecular weight excluding hydrogens is 240 g/mol. The van der Waals surface area contributed by atoms with Gasteiger partial charge in [-0.15, -0.1) is 0 Å². The molecule has 0 aliphatic rings. The van der Waals surface area contributed by atoms with Gasteiger partial charge >= 0.3 is 0 Å². The average molecular weight is 264 g/mol. The lowest BCUT2D eigenvalue weighted by atomic mass is 10.1. The van der Waals surface area contributed by atoms with Crippen LogP contribution in [0.1, 0.15) is 38.3 Å². The summed E-state index contributed by atoms with van der Waals surface area (Å²) in [5, 5.41) is 0. The van der Waals surface area contributed by atoms with Crippen molar-refractivity contribution in [2.24, 2.45) is 5.73 Å². The van der Waals surface area contributed by atoms with Crippen LogP contribution >= 0.6 is 0 Å². The van der Waals surface area contributed by atoms with E-state index in [9.17, 15) is 4.79 Å². The normalized spacial score (nSPS) is 12.0. The summed E-state index contributed by atoms with van der Waals surface area (Å²) in [6.07, 6.45) is 1.25. The first-order valence-corrected chi connectivity index (χ1v) is 6.77. The fourth-order valence-electron chi connectivity index (χ4n) is 2.14. The second-order valence-corrected chi connectivity index (χ2v) is 4.52. The first kappa shape index (κ1) is 15.5. The minimum atomic E-state index is 0.0466. The number of ether oxygens (including phenoxy) is 1. The number of rotatable bonds is 7. The van der Waals surface area contributed by atoms with E-state index in [-0.39, 0.29) is 11.9 Å². The Bertz CT molecular complexity index is 407. The lowest BCUT2D eigenvalue weighted by Gasteiger charge is -2.28. The molecule has 0 radical (unpaired) electrons. The minimum absolute atomic E-state index is 0.0466. The SMILES string of the molecule is CCN(C(=O)CCCN)C(C)c1cccc(OC)c1. The van der Waals surface area contributed by atoms with Gasteiger partial charge in [-0.3, -0.25) is 4.79 Å². The topological polar surface area (TPSA) is 55.6 Å². The molecule has 106 valence electrons. The zero-order valence-corrected chi connectivity index (χ0v) is 12.1. The number of methoxy groups -OCH3 is 1. The third kappa shape index (κ3) is 4.24. The van der Waals surface area contributed by atoms with Crippen molar-refractivity contribution in [2.45, 2.75) is 32.7 Å². The van der Waals surface area contributed by atoms with Crippen molar-refractivity contribution in [1.29, 1.82) is 0 Å². The maximum absolute atomic E-state index is 12.1. The summed E-state index contributed by atoms with van der Waals surface area (Å²) in [5.74, 6) is 0.970. The average Bonchev–Trinajstić information content (AvgIpc) is 2.45. The van der Waals surface area contributed by atoms with E-state index in [2.05, 4.69) is 0 Å². The number of amides is 1. The molecule has 1 atom stereocenters. The Labute approximate surface area is 115 Å².